The van der Waals surface area contributed by atoms with Gasteiger partial charge in [0.25, 0.3) is 5.56 Å². The molecule has 3 rings (SSSR count). The highest BCUT2D eigenvalue weighted by atomic mass is 16.1. The number of carbonyl (C=O) groups excluding carboxylic acids is 1. The van der Waals surface area contributed by atoms with E-state index in [1.807, 2.05) is 12.1 Å². The molecular formula is C16H17N3O2. The number of amides is 1. The Labute approximate surface area is 122 Å². The van der Waals surface area contributed by atoms with Crippen LogP contribution in [0, 0.1) is 0 Å². The molecule has 0 atom stereocenters. The first-order chi connectivity index (χ1) is 10.2. The Balaban J connectivity index is 1.59. The second-order valence-corrected chi connectivity index (χ2v) is 5.40. The van der Waals surface area contributed by atoms with Gasteiger partial charge < -0.3 is 5.32 Å². The highest BCUT2D eigenvalue weighted by molar-refractivity contribution is 5.91. The lowest BCUT2D eigenvalue weighted by molar-refractivity contribution is -0.115. The van der Waals surface area contributed by atoms with Crippen molar-refractivity contribution >= 4 is 11.7 Å². The maximum Gasteiger partial charge on any atom is 0.264 e. The minimum atomic E-state index is -0.292. The van der Waals surface area contributed by atoms with Gasteiger partial charge in [0.15, 0.2) is 5.82 Å². The van der Waals surface area contributed by atoms with E-state index in [4.69, 9.17) is 0 Å². The van der Waals surface area contributed by atoms with Crippen LogP contribution < -0.4 is 10.9 Å². The monoisotopic (exact) mass is 283 g/mol. The fourth-order valence-electron chi connectivity index (χ4n) is 2.44. The van der Waals surface area contributed by atoms with Crippen molar-refractivity contribution in [1.29, 1.82) is 0 Å². The molecule has 0 saturated heterocycles. The SMILES string of the molecule is O=C(Cc1ccc(C2CCC2)cc1)Nc1ccc(=O)[nH]n1. The van der Waals surface area contributed by atoms with Gasteiger partial charge in [-0.25, -0.2) is 5.10 Å². The third-order valence-corrected chi connectivity index (χ3v) is 3.87. The molecule has 1 aliphatic rings. The number of hydrogen-bond acceptors (Lipinski definition) is 3. The minimum Gasteiger partial charge on any atom is -0.309 e. The average molecular weight is 283 g/mol. The predicted molar refractivity (Wildman–Crippen MR) is 80.2 cm³/mol. The molecule has 21 heavy (non-hydrogen) atoms. The predicted octanol–water partition coefficient (Wildman–Crippen LogP) is 2.22. The van der Waals surface area contributed by atoms with Crippen molar-refractivity contribution in [2.45, 2.75) is 31.6 Å². The van der Waals surface area contributed by atoms with Crippen LogP contribution in [0.4, 0.5) is 5.82 Å². The molecule has 2 aromatic rings. The van der Waals surface area contributed by atoms with E-state index >= 15 is 0 Å². The van der Waals surface area contributed by atoms with E-state index in [0.29, 0.717) is 18.2 Å². The van der Waals surface area contributed by atoms with Crippen molar-refractivity contribution in [1.82, 2.24) is 10.2 Å². The van der Waals surface area contributed by atoms with E-state index in [1.165, 1.54) is 37.0 Å². The summed E-state index contributed by atoms with van der Waals surface area (Å²) in [6, 6.07) is 11.1. The molecule has 0 bridgehead atoms. The van der Waals surface area contributed by atoms with Crippen LogP contribution in [0.2, 0.25) is 0 Å². The van der Waals surface area contributed by atoms with Crippen LogP contribution in [-0.2, 0) is 11.2 Å². The fraction of sp³-hybridized carbons (Fsp3) is 0.312. The first-order valence-corrected chi connectivity index (χ1v) is 7.15. The van der Waals surface area contributed by atoms with Crippen LogP contribution in [0.5, 0.6) is 0 Å². The first-order valence-electron chi connectivity index (χ1n) is 7.15. The molecule has 5 nitrogen and oxygen atoms in total. The lowest BCUT2D eigenvalue weighted by Crippen LogP contribution is -2.17. The summed E-state index contributed by atoms with van der Waals surface area (Å²) in [5.74, 6) is 0.912. The van der Waals surface area contributed by atoms with Gasteiger partial charge in [0.1, 0.15) is 0 Å². The molecule has 1 aromatic heterocycles. The molecule has 108 valence electrons. The molecule has 1 aliphatic carbocycles. The molecule has 1 amide bonds. The Bertz CT molecular complexity index is 667. The van der Waals surface area contributed by atoms with Gasteiger partial charge in [0.2, 0.25) is 5.91 Å². The van der Waals surface area contributed by atoms with Gasteiger partial charge >= 0.3 is 0 Å². The van der Waals surface area contributed by atoms with E-state index in [-0.39, 0.29) is 11.5 Å². The van der Waals surface area contributed by atoms with Crippen LogP contribution in [0.1, 0.15) is 36.3 Å². The Hall–Kier alpha value is -2.43. The minimum absolute atomic E-state index is 0.147. The highest BCUT2D eigenvalue weighted by Crippen LogP contribution is 2.36. The summed E-state index contributed by atoms with van der Waals surface area (Å²) < 4.78 is 0. The molecule has 0 unspecified atom stereocenters. The van der Waals surface area contributed by atoms with E-state index in [0.717, 1.165) is 5.56 Å². The van der Waals surface area contributed by atoms with Crippen LogP contribution >= 0.6 is 0 Å². The van der Waals surface area contributed by atoms with Crippen molar-refractivity contribution in [2.75, 3.05) is 5.32 Å². The van der Waals surface area contributed by atoms with Crippen molar-refractivity contribution in [3.05, 3.63) is 57.9 Å². The van der Waals surface area contributed by atoms with Gasteiger partial charge in [0.05, 0.1) is 6.42 Å². The van der Waals surface area contributed by atoms with Gasteiger partial charge in [-0.2, -0.15) is 5.10 Å². The highest BCUT2D eigenvalue weighted by Gasteiger charge is 2.19. The number of nitrogens with one attached hydrogen (secondary N) is 2. The lowest BCUT2D eigenvalue weighted by Gasteiger charge is -2.25. The van der Waals surface area contributed by atoms with Gasteiger partial charge in [-0.15, -0.1) is 0 Å². The van der Waals surface area contributed by atoms with Gasteiger partial charge in [0, 0.05) is 6.07 Å². The number of aromatic nitrogens is 2. The fourth-order valence-corrected chi connectivity index (χ4v) is 2.44. The number of rotatable bonds is 4. The maximum atomic E-state index is 11.9. The van der Waals surface area contributed by atoms with Crippen molar-refractivity contribution in [2.24, 2.45) is 0 Å². The normalized spacial score (nSPS) is 14.5. The summed E-state index contributed by atoms with van der Waals surface area (Å²) in [7, 11) is 0. The Kier molecular flexibility index (Phi) is 3.81. The summed E-state index contributed by atoms with van der Waals surface area (Å²) in [5.41, 5.74) is 2.05. The smallest absolute Gasteiger partial charge is 0.264 e. The van der Waals surface area contributed by atoms with Gasteiger partial charge in [-0.3, -0.25) is 9.59 Å². The summed E-state index contributed by atoms with van der Waals surface area (Å²) in [5, 5.41) is 8.69. The summed E-state index contributed by atoms with van der Waals surface area (Å²) in [6.07, 6.45) is 4.17. The summed E-state index contributed by atoms with van der Waals surface area (Å²) in [6.45, 7) is 0. The van der Waals surface area contributed by atoms with Gasteiger partial charge in [-0.1, -0.05) is 30.7 Å². The second-order valence-electron chi connectivity index (χ2n) is 5.40. The second kappa shape index (κ2) is 5.91. The lowest BCUT2D eigenvalue weighted by atomic mass is 9.80. The van der Waals surface area contributed by atoms with Crippen molar-refractivity contribution in [3.63, 3.8) is 0 Å². The van der Waals surface area contributed by atoms with E-state index in [9.17, 15) is 9.59 Å². The Morgan fingerprint density at radius 3 is 2.52 bits per heavy atom. The molecule has 2 N–H and O–H groups in total. The number of H-pyrrole nitrogens is 1. The molecule has 1 saturated carbocycles. The maximum absolute atomic E-state index is 11.9. The third-order valence-electron chi connectivity index (χ3n) is 3.87. The zero-order valence-electron chi connectivity index (χ0n) is 11.6. The van der Waals surface area contributed by atoms with Crippen molar-refractivity contribution < 1.29 is 4.79 Å². The Morgan fingerprint density at radius 1 is 1.19 bits per heavy atom. The zero-order chi connectivity index (χ0) is 14.7. The van der Waals surface area contributed by atoms with Crippen LogP contribution in [0.3, 0.4) is 0 Å². The van der Waals surface area contributed by atoms with Gasteiger partial charge in [-0.05, 0) is 36.0 Å². The summed E-state index contributed by atoms with van der Waals surface area (Å²) >= 11 is 0. The number of benzene rings is 1. The third kappa shape index (κ3) is 3.37. The number of hydrogen-bond donors (Lipinski definition) is 2. The average Bonchev–Trinajstić information content (AvgIpc) is 2.42. The number of aromatic amines is 1. The Morgan fingerprint density at radius 2 is 1.95 bits per heavy atom. The molecule has 0 radical (unpaired) electrons. The van der Waals surface area contributed by atoms with Crippen LogP contribution in [-0.4, -0.2) is 16.1 Å². The standard InChI is InChI=1S/C16H17N3O2/c20-15-9-8-14(18-19-15)17-16(21)10-11-4-6-13(7-5-11)12-2-1-3-12/h4-9,12H,1-3,10H2,(H,19,20)(H,17,18,21). The van der Waals surface area contributed by atoms with E-state index < -0.39 is 0 Å². The largest absolute Gasteiger partial charge is 0.309 e. The molecule has 5 heteroatoms. The molecule has 1 fully saturated rings. The first kappa shape index (κ1) is 13.5. The molecular weight excluding hydrogens is 266 g/mol. The number of nitrogens with zero attached hydrogens (tertiary/aromatic N) is 1. The van der Waals surface area contributed by atoms with Crippen LogP contribution in [0.15, 0.2) is 41.2 Å². The topological polar surface area (TPSA) is 74.8 Å². The van der Waals surface area contributed by atoms with Crippen molar-refractivity contribution in [3.8, 4) is 0 Å². The molecule has 0 aliphatic heterocycles. The van der Waals surface area contributed by atoms with Crippen LogP contribution in [0.25, 0.3) is 0 Å². The van der Waals surface area contributed by atoms with E-state index in [2.05, 4.69) is 27.6 Å². The quantitative estimate of drug-likeness (QED) is 0.903. The number of anilines is 1. The molecule has 0 spiro atoms. The molecule has 1 aromatic carbocycles. The summed E-state index contributed by atoms with van der Waals surface area (Å²) in [4.78, 5) is 22.8. The van der Waals surface area contributed by atoms with E-state index in [1.54, 1.807) is 0 Å². The number of carbonyl (C=O) groups is 1. The zero-order valence-corrected chi connectivity index (χ0v) is 11.6. The molecule has 1 heterocycles.